The molecule has 1 saturated heterocycles. The van der Waals surface area contributed by atoms with Crippen molar-refractivity contribution in [2.75, 3.05) is 24.2 Å². The van der Waals surface area contributed by atoms with E-state index in [1.54, 1.807) is 4.90 Å². The molecule has 2 rings (SSSR count). The van der Waals surface area contributed by atoms with Gasteiger partial charge in [-0.3, -0.25) is 0 Å². The molecular formula is C14H17ClN2O3S. The number of thioether (sulfide) groups is 1. The second-order valence-electron chi connectivity index (χ2n) is 5.46. The van der Waals surface area contributed by atoms with E-state index in [1.807, 2.05) is 11.8 Å². The summed E-state index contributed by atoms with van der Waals surface area (Å²) in [5.74, 6) is -0.188. The molecule has 0 bridgehead atoms. The fraction of sp³-hybridized carbons (Fsp3) is 0.429. The van der Waals surface area contributed by atoms with Gasteiger partial charge in [0.25, 0.3) is 0 Å². The number of benzene rings is 1. The van der Waals surface area contributed by atoms with Crippen LogP contribution in [0.25, 0.3) is 0 Å². The monoisotopic (exact) mass is 328 g/mol. The molecule has 114 valence electrons. The molecule has 0 spiro atoms. The molecule has 2 amide bonds. The Hall–Kier alpha value is -1.40. The SMILES string of the molecule is CC1(C)CN(C(=O)Nc2ccc(C(=O)O)c(Cl)c2)CCS1. The van der Waals surface area contributed by atoms with E-state index >= 15 is 0 Å². The molecule has 0 unspecified atom stereocenters. The van der Waals surface area contributed by atoms with Crippen LogP contribution in [0.3, 0.4) is 0 Å². The molecule has 5 nitrogen and oxygen atoms in total. The molecule has 1 aromatic carbocycles. The van der Waals surface area contributed by atoms with E-state index in [-0.39, 0.29) is 21.4 Å². The van der Waals surface area contributed by atoms with Crippen LogP contribution in [0.1, 0.15) is 24.2 Å². The number of carbonyl (C=O) groups excluding carboxylic acids is 1. The van der Waals surface area contributed by atoms with E-state index in [9.17, 15) is 9.59 Å². The Kier molecular flexibility index (Phi) is 4.68. The van der Waals surface area contributed by atoms with Crippen molar-refractivity contribution < 1.29 is 14.7 Å². The van der Waals surface area contributed by atoms with Gasteiger partial charge >= 0.3 is 12.0 Å². The number of amides is 2. The number of carboxylic acids is 1. The van der Waals surface area contributed by atoms with Crippen LogP contribution in [0.15, 0.2) is 18.2 Å². The molecule has 1 aromatic rings. The van der Waals surface area contributed by atoms with Gasteiger partial charge in [0, 0.05) is 29.3 Å². The summed E-state index contributed by atoms with van der Waals surface area (Å²) in [5, 5.41) is 11.8. The van der Waals surface area contributed by atoms with Crippen LogP contribution in [0.2, 0.25) is 5.02 Å². The quantitative estimate of drug-likeness (QED) is 0.873. The molecule has 1 aliphatic heterocycles. The predicted molar refractivity (Wildman–Crippen MR) is 85.5 cm³/mol. The largest absolute Gasteiger partial charge is 0.478 e. The molecule has 0 radical (unpaired) electrons. The first-order chi connectivity index (χ1) is 9.78. The molecule has 21 heavy (non-hydrogen) atoms. The minimum atomic E-state index is -1.09. The number of anilines is 1. The summed E-state index contributed by atoms with van der Waals surface area (Å²) in [5.41, 5.74) is 0.510. The van der Waals surface area contributed by atoms with Crippen LogP contribution in [0, 0.1) is 0 Å². The van der Waals surface area contributed by atoms with Crippen LogP contribution in [0.4, 0.5) is 10.5 Å². The summed E-state index contributed by atoms with van der Waals surface area (Å²) < 4.78 is 0.0421. The standard InChI is InChI=1S/C14H17ClN2O3S/c1-14(2)8-17(5-6-21-14)13(20)16-9-3-4-10(12(18)19)11(15)7-9/h3-4,7H,5-6,8H2,1-2H3,(H,16,20)(H,18,19). The van der Waals surface area contributed by atoms with Crippen molar-refractivity contribution in [3.8, 4) is 0 Å². The molecule has 2 N–H and O–H groups in total. The number of hydrogen-bond acceptors (Lipinski definition) is 3. The topological polar surface area (TPSA) is 69.6 Å². The van der Waals surface area contributed by atoms with Crippen LogP contribution in [-0.4, -0.2) is 45.6 Å². The van der Waals surface area contributed by atoms with Gasteiger partial charge in [0.05, 0.1) is 10.6 Å². The molecule has 0 aliphatic carbocycles. The average molecular weight is 329 g/mol. The van der Waals surface area contributed by atoms with Crippen molar-refractivity contribution in [2.45, 2.75) is 18.6 Å². The third-order valence-electron chi connectivity index (χ3n) is 3.16. The Balaban J connectivity index is 2.06. The summed E-state index contributed by atoms with van der Waals surface area (Å²) in [6.07, 6.45) is 0. The zero-order valence-corrected chi connectivity index (χ0v) is 13.4. The van der Waals surface area contributed by atoms with Gasteiger partial charge in [-0.1, -0.05) is 11.6 Å². The first kappa shape index (κ1) is 16.0. The van der Waals surface area contributed by atoms with Gasteiger partial charge in [0.15, 0.2) is 0 Å². The van der Waals surface area contributed by atoms with Gasteiger partial charge in [-0.15, -0.1) is 0 Å². The molecule has 0 aromatic heterocycles. The van der Waals surface area contributed by atoms with Gasteiger partial charge < -0.3 is 15.3 Å². The first-order valence-corrected chi connectivity index (χ1v) is 7.87. The summed E-state index contributed by atoms with van der Waals surface area (Å²) in [7, 11) is 0. The van der Waals surface area contributed by atoms with Gasteiger partial charge in [-0.25, -0.2) is 9.59 Å². The van der Waals surface area contributed by atoms with Crippen molar-refractivity contribution in [3.05, 3.63) is 28.8 Å². The Morgan fingerprint density at radius 2 is 2.14 bits per heavy atom. The maximum absolute atomic E-state index is 12.2. The molecule has 1 aliphatic rings. The number of aromatic carboxylic acids is 1. The van der Waals surface area contributed by atoms with Crippen LogP contribution in [0.5, 0.6) is 0 Å². The van der Waals surface area contributed by atoms with E-state index in [2.05, 4.69) is 19.2 Å². The average Bonchev–Trinajstić information content (AvgIpc) is 2.37. The lowest BCUT2D eigenvalue weighted by atomic mass is 10.2. The number of nitrogens with one attached hydrogen (secondary N) is 1. The molecule has 1 fully saturated rings. The fourth-order valence-electron chi connectivity index (χ4n) is 2.16. The van der Waals surface area contributed by atoms with Crippen LogP contribution in [-0.2, 0) is 0 Å². The highest BCUT2D eigenvalue weighted by Gasteiger charge is 2.29. The van der Waals surface area contributed by atoms with Gasteiger partial charge in [-0.05, 0) is 32.0 Å². The molecular weight excluding hydrogens is 312 g/mol. The smallest absolute Gasteiger partial charge is 0.337 e. The lowest BCUT2D eigenvalue weighted by molar-refractivity contribution is 0.0697. The molecule has 7 heteroatoms. The van der Waals surface area contributed by atoms with Crippen molar-refractivity contribution in [1.82, 2.24) is 4.90 Å². The minimum absolute atomic E-state index is 0.0187. The Bertz CT molecular complexity index is 577. The summed E-state index contributed by atoms with van der Waals surface area (Å²) >= 11 is 7.74. The number of carbonyl (C=O) groups is 2. The summed E-state index contributed by atoms with van der Waals surface area (Å²) in [6, 6.07) is 4.18. The molecule has 0 saturated carbocycles. The predicted octanol–water partition coefficient (Wildman–Crippen LogP) is 3.40. The molecule has 0 atom stereocenters. The maximum atomic E-state index is 12.2. The minimum Gasteiger partial charge on any atom is -0.478 e. The first-order valence-electron chi connectivity index (χ1n) is 6.51. The van der Waals surface area contributed by atoms with Gasteiger partial charge in [-0.2, -0.15) is 11.8 Å². The Morgan fingerprint density at radius 3 is 2.71 bits per heavy atom. The van der Waals surface area contributed by atoms with Gasteiger partial charge in [0.1, 0.15) is 0 Å². The highest BCUT2D eigenvalue weighted by atomic mass is 35.5. The summed E-state index contributed by atoms with van der Waals surface area (Å²) in [4.78, 5) is 24.9. The normalized spacial score (nSPS) is 17.4. The van der Waals surface area contributed by atoms with E-state index in [4.69, 9.17) is 16.7 Å². The van der Waals surface area contributed by atoms with E-state index in [0.717, 1.165) is 5.75 Å². The highest BCUT2D eigenvalue weighted by Crippen LogP contribution is 2.30. The van der Waals surface area contributed by atoms with E-state index < -0.39 is 5.97 Å². The van der Waals surface area contributed by atoms with E-state index in [1.165, 1.54) is 18.2 Å². The zero-order valence-electron chi connectivity index (χ0n) is 11.9. The fourth-order valence-corrected chi connectivity index (χ4v) is 3.53. The van der Waals surface area contributed by atoms with Crippen molar-refractivity contribution in [2.24, 2.45) is 0 Å². The van der Waals surface area contributed by atoms with Crippen LogP contribution < -0.4 is 5.32 Å². The number of urea groups is 1. The molecule has 1 heterocycles. The highest BCUT2D eigenvalue weighted by molar-refractivity contribution is 8.00. The second-order valence-corrected chi connectivity index (χ2v) is 7.67. The zero-order chi connectivity index (χ0) is 15.6. The van der Waals surface area contributed by atoms with Crippen LogP contribution >= 0.6 is 23.4 Å². The van der Waals surface area contributed by atoms with Crippen molar-refractivity contribution in [1.29, 1.82) is 0 Å². The number of nitrogens with zero attached hydrogens (tertiary/aromatic N) is 1. The van der Waals surface area contributed by atoms with Crippen molar-refractivity contribution in [3.63, 3.8) is 0 Å². The van der Waals surface area contributed by atoms with Crippen molar-refractivity contribution >= 4 is 41.1 Å². The Morgan fingerprint density at radius 1 is 1.43 bits per heavy atom. The van der Waals surface area contributed by atoms with E-state index in [0.29, 0.717) is 18.8 Å². The lowest BCUT2D eigenvalue weighted by Gasteiger charge is -2.37. The third kappa shape index (κ3) is 4.04. The lowest BCUT2D eigenvalue weighted by Crippen LogP contribution is -2.47. The second kappa shape index (κ2) is 6.15. The number of hydrogen-bond donors (Lipinski definition) is 2. The third-order valence-corrected chi connectivity index (χ3v) is 4.77. The maximum Gasteiger partial charge on any atom is 0.337 e. The summed E-state index contributed by atoms with van der Waals surface area (Å²) in [6.45, 7) is 5.58. The van der Waals surface area contributed by atoms with Gasteiger partial charge in [0.2, 0.25) is 0 Å². The number of rotatable bonds is 2. The number of carboxylic acid groups (broad SMARTS) is 1. The Labute approximate surface area is 132 Å². The number of halogens is 1.